The number of likely N-dealkylation sites (tertiary alicyclic amines) is 1. The van der Waals surface area contributed by atoms with Crippen LogP contribution in [-0.2, 0) is 19.2 Å². The van der Waals surface area contributed by atoms with Crippen LogP contribution >= 0.6 is 0 Å². The fraction of sp³-hybridized carbons (Fsp3) is 0.706. The number of nitrogens with zero attached hydrogens (tertiary/aromatic N) is 1. The van der Waals surface area contributed by atoms with Crippen LogP contribution in [0.4, 0.5) is 4.79 Å². The number of hydrogen-bond acceptors (Lipinski definition) is 5. The van der Waals surface area contributed by atoms with Crippen LogP contribution in [0, 0.1) is 23.7 Å². The molecule has 2 rings (SSSR count). The molecule has 0 spiro atoms. The topological polar surface area (TPSA) is 165 Å². The molecule has 6 N–H and O–H groups in total. The molecule has 1 heterocycles. The second kappa shape index (κ2) is 8.83. The number of nitrogens with one attached hydrogen (secondary N) is 2. The second-order valence-corrected chi connectivity index (χ2v) is 7.34. The van der Waals surface area contributed by atoms with E-state index < -0.39 is 23.8 Å². The van der Waals surface area contributed by atoms with Crippen molar-refractivity contribution in [3.05, 3.63) is 0 Å². The molecule has 2 aliphatic rings. The van der Waals surface area contributed by atoms with Gasteiger partial charge in [0.15, 0.2) is 0 Å². The van der Waals surface area contributed by atoms with Crippen molar-refractivity contribution in [3.8, 4) is 0 Å². The molecule has 150 valence electrons. The van der Waals surface area contributed by atoms with Crippen LogP contribution in [0.5, 0.6) is 0 Å². The lowest BCUT2D eigenvalue weighted by Gasteiger charge is -2.34. The molecule has 2 fully saturated rings. The fourth-order valence-electron chi connectivity index (χ4n) is 4.17. The van der Waals surface area contributed by atoms with E-state index in [0.717, 1.165) is 12.8 Å². The molecule has 1 aliphatic carbocycles. The molecule has 1 aliphatic heterocycles. The van der Waals surface area contributed by atoms with Gasteiger partial charge in [0, 0.05) is 19.4 Å². The summed E-state index contributed by atoms with van der Waals surface area (Å²) in [5.74, 6) is -2.08. The lowest BCUT2D eigenvalue weighted by Crippen LogP contribution is -2.44. The first-order chi connectivity index (χ1) is 12.7. The Morgan fingerprint density at radius 1 is 1.04 bits per heavy atom. The second-order valence-electron chi connectivity index (χ2n) is 7.34. The zero-order valence-corrected chi connectivity index (χ0v) is 15.4. The Bertz CT molecular complexity index is 637. The summed E-state index contributed by atoms with van der Waals surface area (Å²) in [6.07, 6.45) is 2.60. The van der Waals surface area contributed by atoms with Gasteiger partial charge in [-0.2, -0.15) is 0 Å². The van der Waals surface area contributed by atoms with E-state index in [1.807, 2.05) is 12.3 Å². The lowest BCUT2D eigenvalue weighted by atomic mass is 9.67. The van der Waals surface area contributed by atoms with Crippen LogP contribution in [0.1, 0.15) is 45.4 Å². The summed E-state index contributed by atoms with van der Waals surface area (Å²) in [4.78, 5) is 60.1. The van der Waals surface area contributed by atoms with Crippen molar-refractivity contribution in [1.29, 1.82) is 0 Å². The van der Waals surface area contributed by atoms with Crippen molar-refractivity contribution in [2.75, 3.05) is 6.54 Å². The molecule has 0 aromatic heterocycles. The number of rotatable bonds is 7. The number of imide groups is 1. The molecule has 1 saturated heterocycles. The van der Waals surface area contributed by atoms with Gasteiger partial charge in [0.25, 0.3) is 0 Å². The quantitative estimate of drug-likeness (QED) is 0.340. The van der Waals surface area contributed by atoms with Gasteiger partial charge in [-0.05, 0) is 37.5 Å². The van der Waals surface area contributed by atoms with Gasteiger partial charge >= 0.3 is 6.03 Å². The minimum Gasteiger partial charge on any atom is -0.370 e. The normalized spacial score (nSPS) is 27.2. The predicted octanol–water partition coefficient (Wildman–Crippen LogP) is -0.621. The first kappa shape index (κ1) is 20.7. The van der Waals surface area contributed by atoms with Crippen molar-refractivity contribution in [2.45, 2.75) is 45.4 Å². The molecule has 10 nitrogen and oxygen atoms in total. The van der Waals surface area contributed by atoms with Crippen molar-refractivity contribution >= 4 is 29.7 Å². The van der Waals surface area contributed by atoms with Crippen molar-refractivity contribution in [3.63, 3.8) is 0 Å². The van der Waals surface area contributed by atoms with E-state index in [4.69, 9.17) is 11.5 Å². The van der Waals surface area contributed by atoms with E-state index in [2.05, 4.69) is 5.43 Å². The van der Waals surface area contributed by atoms with E-state index in [1.54, 1.807) is 0 Å². The Kier molecular flexibility index (Phi) is 6.75. The van der Waals surface area contributed by atoms with E-state index in [9.17, 15) is 24.0 Å². The van der Waals surface area contributed by atoms with E-state index in [0.29, 0.717) is 12.8 Å². The minimum atomic E-state index is -0.863. The van der Waals surface area contributed by atoms with Gasteiger partial charge in [-0.1, -0.05) is 6.92 Å². The highest BCUT2D eigenvalue weighted by Crippen LogP contribution is 2.46. The van der Waals surface area contributed by atoms with Crippen molar-refractivity contribution in [2.24, 2.45) is 35.1 Å². The van der Waals surface area contributed by atoms with Crippen LogP contribution in [0.25, 0.3) is 0 Å². The SMILES string of the molecule is CC1CCC(CCC(=O)NNC(N)=O)C2C(=O)N(CCCC(N)=O)C(=O)C12. The van der Waals surface area contributed by atoms with Crippen LogP contribution < -0.4 is 22.3 Å². The van der Waals surface area contributed by atoms with Gasteiger partial charge in [-0.25, -0.2) is 10.2 Å². The Morgan fingerprint density at radius 2 is 1.70 bits per heavy atom. The lowest BCUT2D eigenvalue weighted by molar-refractivity contribution is -0.140. The molecule has 0 aromatic rings. The van der Waals surface area contributed by atoms with Gasteiger partial charge in [-0.15, -0.1) is 0 Å². The van der Waals surface area contributed by atoms with E-state index in [1.165, 1.54) is 4.90 Å². The van der Waals surface area contributed by atoms with Gasteiger partial charge in [-0.3, -0.25) is 29.5 Å². The van der Waals surface area contributed by atoms with Gasteiger partial charge in [0.05, 0.1) is 11.8 Å². The third-order valence-corrected chi connectivity index (χ3v) is 5.48. The smallest absolute Gasteiger partial charge is 0.330 e. The van der Waals surface area contributed by atoms with Crippen LogP contribution in [0.15, 0.2) is 0 Å². The average molecular weight is 381 g/mol. The molecule has 0 bridgehead atoms. The summed E-state index contributed by atoms with van der Waals surface area (Å²) in [7, 11) is 0. The van der Waals surface area contributed by atoms with Crippen LogP contribution in [0.3, 0.4) is 0 Å². The summed E-state index contributed by atoms with van der Waals surface area (Å²) in [6.45, 7) is 2.16. The highest BCUT2D eigenvalue weighted by Gasteiger charge is 2.54. The number of nitrogens with two attached hydrogens (primary N) is 2. The highest BCUT2D eigenvalue weighted by molar-refractivity contribution is 6.05. The Balaban J connectivity index is 2.00. The zero-order chi connectivity index (χ0) is 20.1. The summed E-state index contributed by atoms with van der Waals surface area (Å²) in [6, 6.07) is -0.863. The number of carbonyl (C=O) groups is 5. The number of primary amides is 2. The maximum absolute atomic E-state index is 12.9. The predicted molar refractivity (Wildman–Crippen MR) is 94.1 cm³/mol. The molecule has 0 aromatic carbocycles. The van der Waals surface area contributed by atoms with Crippen molar-refractivity contribution in [1.82, 2.24) is 15.8 Å². The number of hydrazine groups is 1. The number of fused-ring (bicyclic) bond motifs is 1. The monoisotopic (exact) mass is 381 g/mol. The molecular formula is C17H27N5O5. The first-order valence-electron chi connectivity index (χ1n) is 9.20. The molecule has 6 amide bonds. The third kappa shape index (κ3) is 4.95. The zero-order valence-electron chi connectivity index (χ0n) is 15.4. The summed E-state index contributed by atoms with van der Waals surface area (Å²) >= 11 is 0. The maximum atomic E-state index is 12.9. The minimum absolute atomic E-state index is 0.0804. The van der Waals surface area contributed by atoms with Crippen molar-refractivity contribution < 1.29 is 24.0 Å². The average Bonchev–Trinajstić information content (AvgIpc) is 2.85. The van der Waals surface area contributed by atoms with Crippen LogP contribution in [-0.4, -0.2) is 41.1 Å². The number of amides is 6. The highest BCUT2D eigenvalue weighted by atomic mass is 16.2. The summed E-state index contributed by atoms with van der Waals surface area (Å²) in [5, 5.41) is 0. The van der Waals surface area contributed by atoms with E-state index in [-0.39, 0.29) is 49.0 Å². The summed E-state index contributed by atoms with van der Waals surface area (Å²) in [5.41, 5.74) is 14.2. The maximum Gasteiger partial charge on any atom is 0.330 e. The standard InChI is InChI=1S/C17H27N5O5/c1-9-4-5-10(6-7-12(24)20-21-17(19)27)14-13(9)15(25)22(16(14)26)8-2-3-11(18)23/h9-10,13-14H,2-8H2,1H3,(H2,18,23)(H,20,24)(H3,19,21,27). The Labute approximate surface area is 157 Å². The molecular weight excluding hydrogens is 354 g/mol. The number of carbonyl (C=O) groups excluding carboxylic acids is 5. The third-order valence-electron chi connectivity index (χ3n) is 5.48. The van der Waals surface area contributed by atoms with Gasteiger partial charge in [0.2, 0.25) is 23.6 Å². The molecule has 27 heavy (non-hydrogen) atoms. The van der Waals surface area contributed by atoms with E-state index >= 15 is 0 Å². The molecule has 1 saturated carbocycles. The number of hydrogen-bond donors (Lipinski definition) is 4. The fourth-order valence-corrected chi connectivity index (χ4v) is 4.17. The largest absolute Gasteiger partial charge is 0.370 e. The molecule has 0 radical (unpaired) electrons. The summed E-state index contributed by atoms with van der Waals surface area (Å²) < 4.78 is 0. The van der Waals surface area contributed by atoms with Gasteiger partial charge in [0.1, 0.15) is 0 Å². The molecule has 4 unspecified atom stereocenters. The Hall–Kier alpha value is -2.65. The Morgan fingerprint density at radius 3 is 2.33 bits per heavy atom. The molecule has 10 heteroatoms. The van der Waals surface area contributed by atoms with Crippen LogP contribution in [0.2, 0.25) is 0 Å². The number of urea groups is 1. The molecule has 4 atom stereocenters. The van der Waals surface area contributed by atoms with Gasteiger partial charge < -0.3 is 11.5 Å². The first-order valence-corrected chi connectivity index (χ1v) is 9.20.